The lowest BCUT2D eigenvalue weighted by Crippen LogP contribution is -2.48. The van der Waals surface area contributed by atoms with E-state index in [-0.39, 0.29) is 0 Å². The van der Waals surface area contributed by atoms with Crippen molar-refractivity contribution in [2.45, 2.75) is 37.5 Å². The zero-order valence-electron chi connectivity index (χ0n) is 7.17. The minimum Gasteiger partial charge on any atom is -0.310 e. The predicted octanol–water partition coefficient (Wildman–Crippen LogP) is 0.0245. The largest absolute Gasteiger partial charge is 0.310 e. The first-order valence-electron chi connectivity index (χ1n) is 4.64. The molecular weight excluding hydrogens is 157 g/mol. The first-order valence-corrected chi connectivity index (χ1v) is 4.64. The Morgan fingerprint density at radius 2 is 2.08 bits per heavy atom. The first-order chi connectivity index (χ1) is 5.74. The van der Waals surface area contributed by atoms with Gasteiger partial charge < -0.3 is 5.32 Å². The highest BCUT2D eigenvalue weighted by molar-refractivity contribution is 4.89. The SMILES string of the molecule is NN1CCC(NC2CC(F)C2)C1. The third-order valence-corrected chi connectivity index (χ3v) is 2.77. The number of nitrogens with one attached hydrogen (secondary N) is 1. The van der Waals surface area contributed by atoms with Crippen molar-refractivity contribution in [2.75, 3.05) is 13.1 Å². The van der Waals surface area contributed by atoms with Gasteiger partial charge in [-0.2, -0.15) is 0 Å². The van der Waals surface area contributed by atoms with Crippen LogP contribution in [-0.4, -0.2) is 36.4 Å². The van der Waals surface area contributed by atoms with Gasteiger partial charge in [-0.15, -0.1) is 0 Å². The van der Waals surface area contributed by atoms with Gasteiger partial charge in [-0.1, -0.05) is 0 Å². The zero-order chi connectivity index (χ0) is 8.55. The fourth-order valence-corrected chi connectivity index (χ4v) is 1.94. The quantitative estimate of drug-likeness (QED) is 0.579. The van der Waals surface area contributed by atoms with Crippen LogP contribution in [0.1, 0.15) is 19.3 Å². The third kappa shape index (κ3) is 1.76. The molecule has 1 aliphatic heterocycles. The van der Waals surface area contributed by atoms with E-state index in [0.29, 0.717) is 24.9 Å². The number of hydrogen-bond donors (Lipinski definition) is 2. The Bertz CT molecular complexity index is 158. The maximum absolute atomic E-state index is 12.4. The molecule has 0 spiro atoms. The topological polar surface area (TPSA) is 41.3 Å². The van der Waals surface area contributed by atoms with Crippen molar-refractivity contribution < 1.29 is 4.39 Å². The minimum absolute atomic E-state index is 0.413. The summed E-state index contributed by atoms with van der Waals surface area (Å²) >= 11 is 0. The van der Waals surface area contributed by atoms with Gasteiger partial charge in [-0.05, 0) is 19.3 Å². The van der Waals surface area contributed by atoms with Gasteiger partial charge in [0.2, 0.25) is 0 Å². The Morgan fingerprint density at radius 1 is 1.33 bits per heavy atom. The molecule has 1 aliphatic carbocycles. The van der Waals surface area contributed by atoms with E-state index in [1.54, 1.807) is 0 Å². The lowest BCUT2D eigenvalue weighted by molar-refractivity contribution is 0.146. The van der Waals surface area contributed by atoms with E-state index in [2.05, 4.69) is 5.32 Å². The molecule has 0 amide bonds. The van der Waals surface area contributed by atoms with Crippen LogP contribution in [0, 0.1) is 0 Å². The Morgan fingerprint density at radius 3 is 2.58 bits per heavy atom. The van der Waals surface area contributed by atoms with Crippen molar-refractivity contribution in [2.24, 2.45) is 5.84 Å². The summed E-state index contributed by atoms with van der Waals surface area (Å²) in [6.45, 7) is 1.87. The molecule has 2 fully saturated rings. The fourth-order valence-electron chi connectivity index (χ4n) is 1.94. The van der Waals surface area contributed by atoms with Gasteiger partial charge in [0.25, 0.3) is 0 Å². The van der Waals surface area contributed by atoms with Crippen molar-refractivity contribution in [3.8, 4) is 0 Å². The highest BCUT2D eigenvalue weighted by Crippen LogP contribution is 2.24. The van der Waals surface area contributed by atoms with Gasteiger partial charge in [-0.3, -0.25) is 5.84 Å². The summed E-state index contributed by atoms with van der Waals surface area (Å²) < 4.78 is 12.4. The molecule has 1 saturated carbocycles. The van der Waals surface area contributed by atoms with Crippen LogP contribution in [0.25, 0.3) is 0 Å². The molecule has 70 valence electrons. The summed E-state index contributed by atoms with van der Waals surface area (Å²) in [4.78, 5) is 0. The van der Waals surface area contributed by atoms with Gasteiger partial charge in [0.15, 0.2) is 0 Å². The molecule has 1 unspecified atom stereocenters. The van der Waals surface area contributed by atoms with E-state index < -0.39 is 6.17 Å². The number of rotatable bonds is 2. The number of hydrazine groups is 1. The number of alkyl halides is 1. The number of nitrogens with zero attached hydrogens (tertiary/aromatic N) is 1. The lowest BCUT2D eigenvalue weighted by Gasteiger charge is -2.32. The molecule has 4 heteroatoms. The van der Waals surface area contributed by atoms with Crippen LogP contribution in [0.15, 0.2) is 0 Å². The smallest absolute Gasteiger partial charge is 0.103 e. The number of halogens is 1. The van der Waals surface area contributed by atoms with Crippen LogP contribution in [0.3, 0.4) is 0 Å². The summed E-state index contributed by atoms with van der Waals surface area (Å²) in [6.07, 6.45) is 1.93. The van der Waals surface area contributed by atoms with Crippen molar-refractivity contribution >= 4 is 0 Å². The van der Waals surface area contributed by atoms with Crippen LogP contribution in [0.4, 0.5) is 4.39 Å². The Labute approximate surface area is 72.1 Å². The van der Waals surface area contributed by atoms with Crippen LogP contribution in [0.5, 0.6) is 0 Å². The molecule has 0 radical (unpaired) electrons. The Balaban J connectivity index is 1.67. The molecule has 1 atom stereocenters. The van der Waals surface area contributed by atoms with E-state index in [1.165, 1.54) is 0 Å². The fraction of sp³-hybridized carbons (Fsp3) is 1.00. The average molecular weight is 173 g/mol. The number of nitrogens with two attached hydrogens (primary N) is 1. The van der Waals surface area contributed by atoms with Crippen LogP contribution < -0.4 is 11.2 Å². The summed E-state index contributed by atoms with van der Waals surface area (Å²) in [5.74, 6) is 5.61. The minimum atomic E-state index is -0.558. The molecule has 1 saturated heterocycles. The second-order valence-electron chi connectivity index (χ2n) is 3.91. The highest BCUT2D eigenvalue weighted by Gasteiger charge is 2.31. The molecule has 0 bridgehead atoms. The van der Waals surface area contributed by atoms with Gasteiger partial charge in [0.05, 0.1) is 0 Å². The summed E-state index contributed by atoms with van der Waals surface area (Å²) in [7, 11) is 0. The standard InChI is InChI=1S/C8H16FN3/c9-6-3-8(4-6)11-7-1-2-12(10)5-7/h6-8,11H,1-5,10H2. The molecule has 3 N–H and O–H groups in total. The van der Waals surface area contributed by atoms with Gasteiger partial charge in [0.1, 0.15) is 6.17 Å². The average Bonchev–Trinajstić information content (AvgIpc) is 2.33. The first kappa shape index (κ1) is 8.41. The normalized spacial score (nSPS) is 43.0. The summed E-state index contributed by atoms with van der Waals surface area (Å²) in [5, 5.41) is 5.24. The molecule has 0 aromatic carbocycles. The molecular formula is C8H16FN3. The second kappa shape index (κ2) is 3.28. The summed E-state index contributed by atoms with van der Waals surface area (Å²) in [5.41, 5.74) is 0. The second-order valence-corrected chi connectivity index (χ2v) is 3.91. The third-order valence-electron chi connectivity index (χ3n) is 2.77. The summed E-state index contributed by atoms with van der Waals surface area (Å²) in [6, 6.07) is 0.906. The van der Waals surface area contributed by atoms with E-state index in [9.17, 15) is 4.39 Å². The lowest BCUT2D eigenvalue weighted by atomic mass is 9.90. The van der Waals surface area contributed by atoms with E-state index in [0.717, 1.165) is 19.5 Å². The monoisotopic (exact) mass is 173 g/mol. The van der Waals surface area contributed by atoms with Crippen LogP contribution in [-0.2, 0) is 0 Å². The molecule has 0 aromatic rings. The maximum Gasteiger partial charge on any atom is 0.103 e. The van der Waals surface area contributed by atoms with Gasteiger partial charge >= 0.3 is 0 Å². The molecule has 12 heavy (non-hydrogen) atoms. The van der Waals surface area contributed by atoms with Crippen LogP contribution in [0.2, 0.25) is 0 Å². The Hall–Kier alpha value is -0.190. The predicted molar refractivity (Wildman–Crippen MR) is 45.2 cm³/mol. The molecule has 2 aliphatic rings. The van der Waals surface area contributed by atoms with Gasteiger partial charge in [0, 0.05) is 25.2 Å². The van der Waals surface area contributed by atoms with E-state index in [1.807, 2.05) is 5.01 Å². The molecule has 0 aromatic heterocycles. The van der Waals surface area contributed by atoms with Crippen molar-refractivity contribution in [1.29, 1.82) is 0 Å². The molecule has 3 nitrogen and oxygen atoms in total. The zero-order valence-corrected chi connectivity index (χ0v) is 7.17. The maximum atomic E-state index is 12.4. The van der Waals surface area contributed by atoms with E-state index >= 15 is 0 Å². The van der Waals surface area contributed by atoms with Crippen molar-refractivity contribution in [3.63, 3.8) is 0 Å². The van der Waals surface area contributed by atoms with Crippen molar-refractivity contribution in [1.82, 2.24) is 10.3 Å². The highest BCUT2D eigenvalue weighted by atomic mass is 19.1. The number of hydrogen-bond acceptors (Lipinski definition) is 3. The molecule has 1 heterocycles. The van der Waals surface area contributed by atoms with Gasteiger partial charge in [-0.25, -0.2) is 9.40 Å². The van der Waals surface area contributed by atoms with E-state index in [4.69, 9.17) is 5.84 Å². The van der Waals surface area contributed by atoms with Crippen LogP contribution >= 0.6 is 0 Å². The Kier molecular flexibility index (Phi) is 2.30. The van der Waals surface area contributed by atoms with Crippen molar-refractivity contribution in [3.05, 3.63) is 0 Å². The molecule has 2 rings (SSSR count).